The van der Waals surface area contributed by atoms with Crippen molar-refractivity contribution in [2.75, 3.05) is 97.0 Å². The molecule has 0 bridgehead atoms. The number of hydrogen-bond acceptors (Lipinski definition) is 19. The van der Waals surface area contributed by atoms with Crippen molar-refractivity contribution in [1.29, 1.82) is 0 Å². The molecule has 0 spiro atoms. The first-order chi connectivity index (χ1) is 37.6. The second-order valence-electron chi connectivity index (χ2n) is 20.2. The van der Waals surface area contributed by atoms with E-state index in [1.807, 2.05) is 57.5 Å². The summed E-state index contributed by atoms with van der Waals surface area (Å²) in [6, 6.07) is 11.2. The number of anilines is 3. The summed E-state index contributed by atoms with van der Waals surface area (Å²) in [4.78, 5) is 69.1. The summed E-state index contributed by atoms with van der Waals surface area (Å²) in [6.07, 6.45) is 6.45. The van der Waals surface area contributed by atoms with Crippen LogP contribution in [0.5, 0.6) is 11.5 Å². The van der Waals surface area contributed by atoms with E-state index in [4.69, 9.17) is 49.6 Å². The molecule has 4 heterocycles. The van der Waals surface area contributed by atoms with Crippen molar-refractivity contribution in [3.8, 4) is 21.9 Å². The van der Waals surface area contributed by atoms with Gasteiger partial charge in [-0.3, -0.25) is 23.6 Å². The highest BCUT2D eigenvalue weighted by Gasteiger charge is 2.44. The fourth-order valence-corrected chi connectivity index (χ4v) is 9.94. The van der Waals surface area contributed by atoms with Crippen LogP contribution in [0.3, 0.4) is 0 Å². The van der Waals surface area contributed by atoms with Crippen LogP contribution >= 0.6 is 11.3 Å². The zero-order valence-electron chi connectivity index (χ0n) is 45.1. The highest BCUT2D eigenvalue weighted by molar-refractivity contribution is 7.13. The first kappa shape index (κ1) is 59.2. The van der Waals surface area contributed by atoms with Gasteiger partial charge < -0.3 is 75.9 Å². The second-order valence-corrected chi connectivity index (χ2v) is 21.0. The van der Waals surface area contributed by atoms with Crippen molar-refractivity contribution in [2.24, 2.45) is 16.9 Å². The molecule has 0 unspecified atom stereocenters. The van der Waals surface area contributed by atoms with Crippen molar-refractivity contribution in [3.05, 3.63) is 77.2 Å². The number of aryl methyl sites for hydroxylation is 1. The third-order valence-electron chi connectivity index (χ3n) is 13.2. The summed E-state index contributed by atoms with van der Waals surface area (Å²) in [5, 5.41) is 23.0. The van der Waals surface area contributed by atoms with Gasteiger partial charge in [-0.2, -0.15) is 4.98 Å². The van der Waals surface area contributed by atoms with Crippen LogP contribution in [0.2, 0.25) is 0 Å². The lowest BCUT2D eigenvalue weighted by molar-refractivity contribution is -0.144. The van der Waals surface area contributed by atoms with E-state index in [1.165, 1.54) is 4.90 Å². The number of β-amino-alcohol motifs (C(OH)–C–C–N with tert-alkyl or cyclic N) is 1. The van der Waals surface area contributed by atoms with Crippen LogP contribution in [0.15, 0.2) is 60.4 Å². The van der Waals surface area contributed by atoms with Crippen molar-refractivity contribution in [2.45, 2.75) is 96.6 Å². The molecule has 7 rings (SSSR count). The van der Waals surface area contributed by atoms with Gasteiger partial charge in [0.1, 0.15) is 42.4 Å². The number of aliphatic hydroxyl groups excluding tert-OH is 1. The molecular weight excluding hydrogens is 1030 g/mol. The summed E-state index contributed by atoms with van der Waals surface area (Å²) in [7, 11) is 1.54. The number of nitrogens with one attached hydrogen (secondary N) is 4. The maximum atomic E-state index is 14.0. The zero-order valence-corrected chi connectivity index (χ0v) is 45.9. The first-order valence-electron chi connectivity index (χ1n) is 26.3. The molecule has 5 atom stereocenters. The number of likely N-dealkylation sites (tertiary alicyclic amines) is 1. The minimum Gasteiger partial charge on any atom is -0.497 e. The standard InChI is InChI=1S/C54H75N11O12S/c1-34-46(78-33-59-34)36-12-10-35(11-13-36)30-58-51(69)43-28-38(66)31-65(43)52(70)47(54(2,3)4)62-44(67)32-76-23-22-74-19-18-72-16-17-73-20-21-75-24-25-77-40-27-37(26-39(29-40)71-5)60-49-45(48(56)68)50-57-14-15-64(50)53(63-49)61-42-9-7-6-8-41(42)55/h10-15,26-27,29,33,38,41-43,47,60,66H,6-9,16-25,28,30-32,55H2,1-5H3,(H2,56,68)(H,58,69)(H,61,63)(H,62,67)/t38-,41-,42+,43+,47-/m1/s1. The molecule has 2 aliphatic rings. The molecule has 424 valence electrons. The number of aliphatic hydroxyl groups is 1. The van der Waals surface area contributed by atoms with E-state index in [2.05, 4.69) is 31.2 Å². The first-order valence-corrected chi connectivity index (χ1v) is 27.2. The number of fused-ring (bicyclic) bond motifs is 1. The van der Waals surface area contributed by atoms with Crippen LogP contribution in [0, 0.1) is 12.3 Å². The van der Waals surface area contributed by atoms with Crippen LogP contribution in [-0.2, 0) is 44.6 Å². The van der Waals surface area contributed by atoms with Gasteiger partial charge in [-0.15, -0.1) is 11.3 Å². The van der Waals surface area contributed by atoms with Gasteiger partial charge in [-0.25, -0.2) is 9.97 Å². The Morgan fingerprint density at radius 1 is 0.872 bits per heavy atom. The smallest absolute Gasteiger partial charge is 0.256 e. The molecule has 1 saturated heterocycles. The van der Waals surface area contributed by atoms with Crippen molar-refractivity contribution >= 4 is 58.1 Å². The molecule has 0 radical (unpaired) electrons. The Bertz CT molecular complexity index is 2750. The third-order valence-corrected chi connectivity index (χ3v) is 14.2. The monoisotopic (exact) mass is 1100 g/mol. The number of amides is 4. The number of imidazole rings is 1. The maximum absolute atomic E-state index is 14.0. The highest BCUT2D eigenvalue weighted by atomic mass is 32.1. The van der Waals surface area contributed by atoms with Gasteiger partial charge >= 0.3 is 0 Å². The minimum atomic E-state index is -0.978. The SMILES string of the molecule is COc1cc(Nc2nc(N[C@H]3CCCC[C@H]3N)n3ccnc3c2C(N)=O)cc(OCCOCCOCCOCCOCCOCC(=O)N[C@H](C(=O)N2C[C@H](O)C[C@H]2C(=O)NCc2ccc(-c3scnc3C)cc2)C(C)(C)C)c1. The van der Waals surface area contributed by atoms with Crippen molar-refractivity contribution < 1.29 is 57.4 Å². The number of aromatic nitrogens is 4. The second kappa shape index (κ2) is 28.9. The molecule has 2 aromatic carbocycles. The Morgan fingerprint density at radius 2 is 1.53 bits per heavy atom. The number of methoxy groups -OCH3 is 1. The average molecular weight is 1100 g/mol. The molecule has 4 amide bonds. The lowest BCUT2D eigenvalue weighted by atomic mass is 9.85. The zero-order chi connectivity index (χ0) is 55.6. The molecule has 24 heteroatoms. The van der Waals surface area contributed by atoms with Gasteiger partial charge in [0.2, 0.25) is 23.7 Å². The molecule has 1 saturated carbocycles. The Balaban J connectivity index is 0.726. The molecule has 5 aromatic rings. The Morgan fingerprint density at radius 3 is 2.15 bits per heavy atom. The number of nitrogens with two attached hydrogens (primary N) is 2. The molecule has 2 fully saturated rings. The number of thiazole rings is 1. The molecule has 1 aliphatic heterocycles. The van der Waals surface area contributed by atoms with Gasteiger partial charge in [0, 0.05) is 67.9 Å². The topological polar surface area (TPSA) is 300 Å². The predicted octanol–water partition coefficient (Wildman–Crippen LogP) is 3.97. The number of rotatable bonds is 30. The van der Waals surface area contributed by atoms with Crippen LogP contribution < -0.4 is 42.2 Å². The van der Waals surface area contributed by atoms with Gasteiger partial charge in [0.15, 0.2) is 11.5 Å². The number of carbonyl (C=O) groups is 4. The third kappa shape index (κ3) is 16.8. The van der Waals surface area contributed by atoms with Crippen LogP contribution in [0.1, 0.15) is 74.5 Å². The molecule has 1 aliphatic carbocycles. The normalized spacial score (nSPS) is 17.9. The summed E-state index contributed by atoms with van der Waals surface area (Å²) < 4.78 is 41.2. The number of nitrogens with zero attached hydrogens (tertiary/aromatic N) is 5. The van der Waals surface area contributed by atoms with Gasteiger partial charge in [-0.1, -0.05) is 57.9 Å². The molecule has 3 aromatic heterocycles. The van der Waals surface area contributed by atoms with Crippen LogP contribution in [0.4, 0.5) is 17.5 Å². The lowest BCUT2D eigenvalue weighted by Gasteiger charge is -2.35. The van der Waals surface area contributed by atoms with Gasteiger partial charge in [0.25, 0.3) is 5.91 Å². The Hall–Kier alpha value is -6.51. The molecule has 23 nitrogen and oxygen atoms in total. The number of carbonyl (C=O) groups excluding carboxylic acids is 4. The largest absolute Gasteiger partial charge is 0.497 e. The average Bonchev–Trinajstić information content (AvgIpc) is 4.26. The maximum Gasteiger partial charge on any atom is 0.256 e. The lowest BCUT2D eigenvalue weighted by Crippen LogP contribution is -2.58. The van der Waals surface area contributed by atoms with E-state index in [0.29, 0.717) is 75.0 Å². The van der Waals surface area contributed by atoms with Crippen LogP contribution in [-0.4, -0.2) is 170 Å². The number of hydrogen-bond donors (Lipinski definition) is 7. The van der Waals surface area contributed by atoms with E-state index in [0.717, 1.165) is 47.4 Å². The Labute approximate surface area is 458 Å². The minimum absolute atomic E-state index is 0.00948. The van der Waals surface area contributed by atoms with Gasteiger partial charge in [-0.05, 0) is 36.3 Å². The Kier molecular flexibility index (Phi) is 21.9. The van der Waals surface area contributed by atoms with Gasteiger partial charge in [0.05, 0.1) is 88.8 Å². The summed E-state index contributed by atoms with van der Waals surface area (Å²) in [5.41, 5.74) is 17.3. The van der Waals surface area contributed by atoms with Crippen molar-refractivity contribution in [1.82, 2.24) is 34.9 Å². The molecular formula is C54H75N11O12S. The van der Waals surface area contributed by atoms with E-state index < -0.39 is 41.3 Å². The molecule has 9 N–H and O–H groups in total. The quantitative estimate of drug-likeness (QED) is 0.0320. The van der Waals surface area contributed by atoms with E-state index in [9.17, 15) is 24.3 Å². The summed E-state index contributed by atoms with van der Waals surface area (Å²) in [5.74, 6) is -0.304. The number of primary amides is 1. The highest BCUT2D eigenvalue weighted by Crippen LogP contribution is 2.33. The van der Waals surface area contributed by atoms with Crippen molar-refractivity contribution in [3.63, 3.8) is 0 Å². The fraction of sp³-hybridized carbons (Fsp3) is 0.537. The number of ether oxygens (including phenoxy) is 7. The summed E-state index contributed by atoms with van der Waals surface area (Å²) in [6.45, 7) is 10.3. The van der Waals surface area contributed by atoms with Crippen LogP contribution in [0.25, 0.3) is 16.1 Å². The molecule has 78 heavy (non-hydrogen) atoms. The van der Waals surface area contributed by atoms with E-state index in [1.54, 1.807) is 53.4 Å². The van der Waals surface area contributed by atoms with E-state index >= 15 is 0 Å². The predicted molar refractivity (Wildman–Crippen MR) is 293 cm³/mol. The summed E-state index contributed by atoms with van der Waals surface area (Å²) >= 11 is 1.57. The number of benzene rings is 2. The fourth-order valence-electron chi connectivity index (χ4n) is 9.13. The van der Waals surface area contributed by atoms with E-state index in [-0.39, 0.29) is 75.3 Å².